The Morgan fingerprint density at radius 2 is 2.04 bits per heavy atom. The summed E-state index contributed by atoms with van der Waals surface area (Å²) in [6.07, 6.45) is 2.44. The molecule has 0 amide bonds. The Morgan fingerprint density at radius 1 is 1.35 bits per heavy atom. The van der Waals surface area contributed by atoms with Gasteiger partial charge >= 0.3 is 0 Å². The molecule has 0 unspecified atom stereocenters. The Hall–Kier alpha value is -2.07. The average molecular weight is 333 g/mol. The number of ether oxygens (including phenoxy) is 1. The number of methoxy groups -OCH3 is 1. The lowest BCUT2D eigenvalue weighted by molar-refractivity contribution is -0.105. The number of carbonyl (C=O) groups is 1. The normalized spacial score (nSPS) is 17.1. The van der Waals surface area contributed by atoms with Gasteiger partial charge in [0.2, 0.25) is 0 Å². The summed E-state index contributed by atoms with van der Waals surface area (Å²) in [6, 6.07) is 7.78. The van der Waals surface area contributed by atoms with E-state index in [2.05, 4.69) is 0 Å². The third kappa shape index (κ3) is 3.64. The van der Waals surface area contributed by atoms with Crippen LogP contribution in [0.3, 0.4) is 0 Å². The van der Waals surface area contributed by atoms with Crippen LogP contribution in [0.15, 0.2) is 46.1 Å². The summed E-state index contributed by atoms with van der Waals surface area (Å²) in [7, 11) is 5.48. The van der Waals surface area contributed by atoms with Crippen LogP contribution in [0.25, 0.3) is 0 Å². The van der Waals surface area contributed by atoms with E-state index in [0.717, 1.165) is 23.3 Å². The molecule has 0 atom stereocenters. The molecule has 0 aromatic heterocycles. The third-order valence-electron chi connectivity index (χ3n) is 3.97. The number of halogens is 1. The molecular formula is C18H21ClN2O2. The molecule has 5 heteroatoms. The lowest BCUT2D eigenvalue weighted by Gasteiger charge is -2.26. The molecular weight excluding hydrogens is 312 g/mol. The van der Waals surface area contributed by atoms with Crippen LogP contribution in [-0.2, 0) is 11.2 Å². The fourth-order valence-corrected chi connectivity index (χ4v) is 3.06. The molecule has 0 spiro atoms. The van der Waals surface area contributed by atoms with Crippen molar-refractivity contribution < 1.29 is 9.53 Å². The lowest BCUT2D eigenvalue weighted by atomic mass is 9.90. The fourth-order valence-electron chi connectivity index (χ4n) is 2.70. The molecule has 1 aliphatic rings. The van der Waals surface area contributed by atoms with Gasteiger partial charge in [-0.1, -0.05) is 29.8 Å². The van der Waals surface area contributed by atoms with Crippen molar-refractivity contribution in [2.24, 2.45) is 0 Å². The molecule has 0 saturated carbocycles. The fraction of sp³-hybridized carbons (Fsp3) is 0.333. The van der Waals surface area contributed by atoms with Crippen LogP contribution in [0.1, 0.15) is 18.4 Å². The van der Waals surface area contributed by atoms with E-state index >= 15 is 0 Å². The van der Waals surface area contributed by atoms with E-state index in [9.17, 15) is 4.79 Å². The van der Waals surface area contributed by atoms with Crippen LogP contribution >= 0.6 is 11.6 Å². The molecule has 0 saturated heterocycles. The Bertz CT molecular complexity index is 690. The van der Waals surface area contributed by atoms with Crippen LogP contribution < -0.4 is 4.74 Å². The van der Waals surface area contributed by atoms with Crippen LogP contribution in [0.5, 0.6) is 5.75 Å². The number of likely N-dealkylation sites (N-methyl/N-ethyl adjacent to an activating group) is 1. The standard InChI is InChI=1S/C18H21ClN2O2/c1-21(2)15(10-12-6-4-5-7-16(12)23-3)17-14(20)9-8-13(11-22)18(17)19/h4-7,11,20H,8-10H2,1-3H3/b17-15+,20-14?. The van der Waals surface area contributed by atoms with Crippen molar-refractivity contribution in [3.63, 3.8) is 0 Å². The van der Waals surface area contributed by atoms with E-state index in [1.54, 1.807) is 7.11 Å². The summed E-state index contributed by atoms with van der Waals surface area (Å²) in [5.74, 6) is 0.797. The first-order valence-corrected chi connectivity index (χ1v) is 7.81. The van der Waals surface area contributed by atoms with Gasteiger partial charge in [0.05, 0.1) is 12.1 Å². The second kappa shape index (κ2) is 7.47. The molecule has 0 bridgehead atoms. The summed E-state index contributed by atoms with van der Waals surface area (Å²) in [6.45, 7) is 0. The molecule has 1 aromatic carbocycles. The highest BCUT2D eigenvalue weighted by molar-refractivity contribution is 6.38. The molecule has 0 heterocycles. The van der Waals surface area contributed by atoms with Gasteiger partial charge in [0.15, 0.2) is 0 Å². The number of allylic oxidation sites excluding steroid dienone is 4. The maximum atomic E-state index is 11.2. The van der Waals surface area contributed by atoms with Gasteiger partial charge in [0.1, 0.15) is 12.0 Å². The summed E-state index contributed by atoms with van der Waals surface area (Å²) in [5, 5.41) is 8.68. The number of hydrogen-bond donors (Lipinski definition) is 1. The number of carbonyl (C=O) groups excluding carboxylic acids is 1. The summed E-state index contributed by atoms with van der Waals surface area (Å²) < 4.78 is 5.41. The number of hydrogen-bond acceptors (Lipinski definition) is 4. The largest absolute Gasteiger partial charge is 0.496 e. The van der Waals surface area contributed by atoms with E-state index in [-0.39, 0.29) is 0 Å². The Morgan fingerprint density at radius 3 is 2.65 bits per heavy atom. The zero-order chi connectivity index (χ0) is 17.0. The summed E-state index contributed by atoms with van der Waals surface area (Å²) in [4.78, 5) is 13.2. The van der Waals surface area contributed by atoms with Crippen LogP contribution in [-0.4, -0.2) is 38.1 Å². The predicted molar refractivity (Wildman–Crippen MR) is 93.3 cm³/mol. The maximum Gasteiger partial charge on any atom is 0.147 e. The predicted octanol–water partition coefficient (Wildman–Crippen LogP) is 3.56. The Balaban J connectivity index is 2.56. The van der Waals surface area contributed by atoms with Gasteiger partial charge in [-0.3, -0.25) is 4.79 Å². The van der Waals surface area contributed by atoms with Gasteiger partial charge < -0.3 is 15.0 Å². The monoisotopic (exact) mass is 332 g/mol. The van der Waals surface area contributed by atoms with Crippen molar-refractivity contribution >= 4 is 23.6 Å². The first-order chi connectivity index (χ1) is 11.0. The first kappa shape index (κ1) is 17.3. The molecule has 1 aliphatic carbocycles. The topological polar surface area (TPSA) is 53.4 Å². The van der Waals surface area contributed by atoms with E-state index in [1.807, 2.05) is 43.3 Å². The van der Waals surface area contributed by atoms with Gasteiger partial charge in [0, 0.05) is 43.1 Å². The van der Waals surface area contributed by atoms with Crippen molar-refractivity contribution in [3.05, 3.63) is 51.7 Å². The number of rotatable bonds is 5. The lowest BCUT2D eigenvalue weighted by Crippen LogP contribution is -2.22. The van der Waals surface area contributed by atoms with Crippen molar-refractivity contribution in [1.29, 1.82) is 5.41 Å². The Kier molecular flexibility index (Phi) is 5.61. The van der Waals surface area contributed by atoms with Crippen LogP contribution in [0.2, 0.25) is 0 Å². The second-order valence-electron chi connectivity index (χ2n) is 5.64. The van der Waals surface area contributed by atoms with Gasteiger partial charge in [-0.25, -0.2) is 0 Å². The zero-order valence-electron chi connectivity index (χ0n) is 13.6. The Labute approximate surface area is 141 Å². The van der Waals surface area contributed by atoms with E-state index in [0.29, 0.717) is 41.2 Å². The number of aldehydes is 1. The minimum absolute atomic E-state index is 0.398. The average Bonchev–Trinajstić information content (AvgIpc) is 2.54. The molecule has 4 nitrogen and oxygen atoms in total. The van der Waals surface area contributed by atoms with Crippen molar-refractivity contribution in [2.45, 2.75) is 19.3 Å². The van der Waals surface area contributed by atoms with Gasteiger partial charge in [0.25, 0.3) is 0 Å². The number of benzene rings is 1. The zero-order valence-corrected chi connectivity index (χ0v) is 14.4. The number of para-hydroxylation sites is 1. The highest BCUT2D eigenvalue weighted by Gasteiger charge is 2.25. The minimum Gasteiger partial charge on any atom is -0.496 e. The molecule has 122 valence electrons. The third-order valence-corrected chi connectivity index (χ3v) is 4.40. The molecule has 1 N–H and O–H groups in total. The SMILES string of the molecule is COc1ccccc1C/C(=C1/C(=N)CCC(C=O)=C1Cl)N(C)C. The highest BCUT2D eigenvalue weighted by Crippen LogP contribution is 2.34. The number of nitrogens with one attached hydrogen (secondary N) is 1. The van der Waals surface area contributed by atoms with Crippen LogP contribution in [0.4, 0.5) is 0 Å². The van der Waals surface area contributed by atoms with E-state index in [4.69, 9.17) is 21.7 Å². The minimum atomic E-state index is 0.398. The second-order valence-corrected chi connectivity index (χ2v) is 6.02. The van der Waals surface area contributed by atoms with Gasteiger partial charge in [-0.2, -0.15) is 0 Å². The van der Waals surface area contributed by atoms with E-state index < -0.39 is 0 Å². The molecule has 0 radical (unpaired) electrons. The van der Waals surface area contributed by atoms with Crippen LogP contribution in [0, 0.1) is 5.41 Å². The molecule has 0 fully saturated rings. The highest BCUT2D eigenvalue weighted by atomic mass is 35.5. The van der Waals surface area contributed by atoms with Gasteiger partial charge in [-0.15, -0.1) is 0 Å². The van der Waals surface area contributed by atoms with Crippen molar-refractivity contribution in [1.82, 2.24) is 4.90 Å². The summed E-state index contributed by atoms with van der Waals surface area (Å²) >= 11 is 6.41. The van der Waals surface area contributed by atoms with Crippen molar-refractivity contribution in [2.75, 3.05) is 21.2 Å². The molecule has 2 rings (SSSR count). The first-order valence-electron chi connectivity index (χ1n) is 7.44. The smallest absolute Gasteiger partial charge is 0.147 e. The maximum absolute atomic E-state index is 11.2. The molecule has 0 aliphatic heterocycles. The van der Waals surface area contributed by atoms with Crippen molar-refractivity contribution in [3.8, 4) is 5.75 Å². The molecule has 1 aromatic rings. The summed E-state index contributed by atoms with van der Waals surface area (Å²) in [5.41, 5.74) is 3.62. The van der Waals surface area contributed by atoms with Gasteiger partial charge in [-0.05, 0) is 24.5 Å². The molecule has 23 heavy (non-hydrogen) atoms. The quantitative estimate of drug-likeness (QED) is 0.839. The number of nitrogens with zero attached hydrogens (tertiary/aromatic N) is 1. The van der Waals surface area contributed by atoms with E-state index in [1.165, 1.54) is 0 Å².